The lowest BCUT2D eigenvalue weighted by atomic mass is 9.47. The summed E-state index contributed by atoms with van der Waals surface area (Å²) in [7, 11) is -2.62. The van der Waals surface area contributed by atoms with Crippen LogP contribution in [0, 0.1) is 46.3 Å². The summed E-state index contributed by atoms with van der Waals surface area (Å²) in [4.78, 5) is 17.6. The van der Waals surface area contributed by atoms with Crippen LogP contribution >= 0.6 is 8.53 Å². The number of allylic oxidation sites excluding steroid dienone is 1. The first-order chi connectivity index (χ1) is 18.8. The van der Waals surface area contributed by atoms with Gasteiger partial charge in [0.1, 0.15) is 0 Å². The molecule has 8 heteroatoms. The fraction of sp³-hybridized carbons (Fsp3) is 0.938. The minimum absolute atomic E-state index is 0.0766. The van der Waals surface area contributed by atoms with Crippen LogP contribution in [0.3, 0.4) is 0 Å². The second kappa shape index (κ2) is 15.1. The summed E-state index contributed by atoms with van der Waals surface area (Å²) in [6, 6.07) is 0.130. The van der Waals surface area contributed by atoms with Gasteiger partial charge in [0.05, 0.1) is 18.8 Å². The lowest BCUT2D eigenvalue weighted by Crippen LogP contribution is -2.50. The normalized spacial score (nSPS) is 41.1. The molecule has 40 heavy (non-hydrogen) atoms. The first-order valence-corrected chi connectivity index (χ1v) is 17.3. The molecular formula is C32H59N2O5P-2. The summed E-state index contributed by atoms with van der Waals surface area (Å²) in [5.74, 6) is 5.46. The Morgan fingerprint density at radius 3 is 2.30 bits per heavy atom. The molecule has 3 saturated carbocycles. The van der Waals surface area contributed by atoms with Crippen molar-refractivity contribution in [3.05, 3.63) is 11.6 Å². The van der Waals surface area contributed by atoms with Crippen LogP contribution in [0.25, 0.3) is 0 Å². The number of aliphatic hydroxyl groups excluding tert-OH is 3. The van der Waals surface area contributed by atoms with E-state index < -0.39 is 8.53 Å². The lowest BCUT2D eigenvalue weighted by Gasteiger charge is -2.58. The van der Waals surface area contributed by atoms with E-state index in [4.69, 9.17) is 20.0 Å². The largest absolute Gasteiger partial charge is 0.830 e. The number of aliphatic hydroxyl groups is 3. The summed E-state index contributed by atoms with van der Waals surface area (Å²) in [6.07, 6.45) is 17.6. The second-order valence-corrected chi connectivity index (χ2v) is 15.2. The molecule has 1 saturated heterocycles. The monoisotopic (exact) mass is 582 g/mol. The predicted octanol–water partition coefficient (Wildman–Crippen LogP) is 3.98. The maximum absolute atomic E-state index is 10.2. The third kappa shape index (κ3) is 8.29. The van der Waals surface area contributed by atoms with Crippen molar-refractivity contribution in [1.29, 1.82) is 0 Å². The molecule has 234 valence electrons. The number of nitrogens with two attached hydrogens (primary N) is 1. The molecule has 10 atom stereocenters. The van der Waals surface area contributed by atoms with Crippen LogP contribution in [0.1, 0.15) is 112 Å². The number of β-amino-alcohol motifs (C(OH)–C–C–N with tert-alkyl or cyclic N) is 1. The smallest absolute Gasteiger partial charge is 0.0680 e. The number of rotatable bonds is 6. The summed E-state index contributed by atoms with van der Waals surface area (Å²) >= 11 is 0. The fourth-order valence-corrected chi connectivity index (χ4v) is 9.60. The minimum Gasteiger partial charge on any atom is -0.830 e. The second-order valence-electron chi connectivity index (χ2n) is 14.6. The zero-order valence-corrected chi connectivity index (χ0v) is 26.8. The third-order valence-electron chi connectivity index (χ3n) is 11.7. The summed E-state index contributed by atoms with van der Waals surface area (Å²) in [6.45, 7) is 13.3. The average molecular weight is 583 g/mol. The number of fused-ring (bicyclic) bond motifs is 5. The Hall–Kier alpha value is -0.110. The molecule has 1 aliphatic heterocycles. The van der Waals surface area contributed by atoms with Gasteiger partial charge in [0.15, 0.2) is 0 Å². The fourth-order valence-electron chi connectivity index (χ4n) is 9.60. The molecule has 0 aromatic heterocycles. The van der Waals surface area contributed by atoms with Crippen molar-refractivity contribution in [3.8, 4) is 0 Å². The van der Waals surface area contributed by atoms with E-state index in [0.29, 0.717) is 23.8 Å². The Labute approximate surface area is 245 Å². The van der Waals surface area contributed by atoms with Gasteiger partial charge in [-0.15, -0.1) is 0 Å². The van der Waals surface area contributed by atoms with Crippen molar-refractivity contribution in [1.82, 2.24) is 5.32 Å². The molecule has 5 aliphatic rings. The number of hydrogen-bond donors (Lipinski definition) is 5. The highest BCUT2D eigenvalue weighted by Gasteiger charge is 2.59. The summed E-state index contributed by atoms with van der Waals surface area (Å²) in [5.41, 5.74) is 6.67. The first kappa shape index (κ1) is 34.4. The van der Waals surface area contributed by atoms with Crippen molar-refractivity contribution in [2.24, 2.45) is 51.8 Å². The minimum atomic E-state index is -2.62. The quantitative estimate of drug-likeness (QED) is 0.235. The zero-order valence-electron chi connectivity index (χ0n) is 25.9. The highest BCUT2D eigenvalue weighted by molar-refractivity contribution is 7.39. The standard InChI is InChI=1S/C27H46O.C5H11NO2.H2NO2P/c1-18(2)7-6-8-19(3)23-11-12-24-22-10-9-20-17-21(28)13-15-26(20,4)25(22)14-16-27(23,24)5;7-3-4-1-5(8)2-6-4;1-4(2)3/h9,18-19,21-25,28H,6-8,10-17H2,1-5H3;4-8H,1-3H2;1H2/q;;-2/t19-,21+,22+,23-,24+,25+,26+,27-;4-,5?;/m10./s1. The van der Waals surface area contributed by atoms with Gasteiger partial charge < -0.3 is 35.9 Å². The Morgan fingerprint density at radius 1 is 1.02 bits per heavy atom. The van der Waals surface area contributed by atoms with Gasteiger partial charge in [-0.1, -0.05) is 65.5 Å². The summed E-state index contributed by atoms with van der Waals surface area (Å²) in [5, 5.41) is 30.5. The van der Waals surface area contributed by atoms with Gasteiger partial charge >= 0.3 is 0 Å². The van der Waals surface area contributed by atoms with Crippen LogP contribution in [0.15, 0.2) is 11.6 Å². The van der Waals surface area contributed by atoms with Gasteiger partial charge in [-0.25, -0.2) is 8.53 Å². The van der Waals surface area contributed by atoms with Crippen LogP contribution in [0.4, 0.5) is 0 Å². The third-order valence-corrected chi connectivity index (χ3v) is 11.7. The molecule has 0 bridgehead atoms. The summed E-state index contributed by atoms with van der Waals surface area (Å²) < 4.78 is 0. The molecule has 5 rings (SSSR count). The molecule has 0 radical (unpaired) electrons. The number of nitrogens with one attached hydrogen (secondary N) is 1. The number of hydrogen-bond acceptors (Lipinski definition) is 7. The van der Waals surface area contributed by atoms with Crippen molar-refractivity contribution in [2.45, 2.75) is 130 Å². The van der Waals surface area contributed by atoms with Crippen molar-refractivity contribution < 1.29 is 25.1 Å². The van der Waals surface area contributed by atoms with Gasteiger partial charge in [0.2, 0.25) is 0 Å². The molecule has 6 N–H and O–H groups in total. The molecular weight excluding hydrogens is 523 g/mol. The first-order valence-electron chi connectivity index (χ1n) is 16.1. The van der Waals surface area contributed by atoms with Gasteiger partial charge in [-0.3, -0.25) is 0 Å². The van der Waals surface area contributed by atoms with Crippen molar-refractivity contribution >= 4 is 8.53 Å². The Kier molecular flexibility index (Phi) is 12.9. The maximum Gasteiger partial charge on any atom is 0.0680 e. The Bertz CT molecular complexity index is 809. The van der Waals surface area contributed by atoms with Crippen molar-refractivity contribution in [3.63, 3.8) is 0 Å². The molecule has 4 aliphatic carbocycles. The van der Waals surface area contributed by atoms with Crippen molar-refractivity contribution in [2.75, 3.05) is 13.2 Å². The van der Waals surface area contributed by atoms with Crippen LogP contribution in [-0.4, -0.2) is 46.7 Å². The van der Waals surface area contributed by atoms with E-state index in [-0.39, 0.29) is 24.9 Å². The predicted molar refractivity (Wildman–Crippen MR) is 160 cm³/mol. The van der Waals surface area contributed by atoms with E-state index in [1.165, 1.54) is 57.8 Å². The molecule has 0 amide bonds. The molecule has 0 aromatic carbocycles. The van der Waals surface area contributed by atoms with Crippen LogP contribution < -0.4 is 20.6 Å². The van der Waals surface area contributed by atoms with Crippen LogP contribution in [0.2, 0.25) is 0 Å². The van der Waals surface area contributed by atoms with E-state index in [1.54, 1.807) is 5.57 Å². The van der Waals surface area contributed by atoms with E-state index in [1.807, 2.05) is 0 Å². The average Bonchev–Trinajstić information content (AvgIpc) is 3.46. The topological polar surface area (TPSA) is 145 Å². The molecule has 4 fully saturated rings. The Morgan fingerprint density at radius 2 is 1.73 bits per heavy atom. The van der Waals surface area contributed by atoms with E-state index >= 15 is 0 Å². The van der Waals surface area contributed by atoms with Gasteiger partial charge in [-0.2, -0.15) is 0 Å². The SMILES string of the molecule is CC(C)CCC[C@@H](C)[C@H]1CC[C@H]2[C@@H]3CC=C4C[C@@H](O)CC[C@]4(C)[C@H]3CC[C@]12C.NP([O-])[O-].OC[C@@H]1CC(O)CN1. The van der Waals surface area contributed by atoms with Gasteiger partial charge in [-0.05, 0) is 104 Å². The zero-order chi connectivity index (χ0) is 29.7. The van der Waals surface area contributed by atoms with Crippen LogP contribution in [0.5, 0.6) is 0 Å². The molecule has 0 spiro atoms. The highest BCUT2D eigenvalue weighted by atomic mass is 31.2. The van der Waals surface area contributed by atoms with E-state index in [9.17, 15) is 5.11 Å². The van der Waals surface area contributed by atoms with Gasteiger partial charge in [0.25, 0.3) is 0 Å². The molecule has 1 heterocycles. The molecule has 1 unspecified atom stereocenters. The Balaban J connectivity index is 0.000000306. The van der Waals surface area contributed by atoms with Crippen LogP contribution in [-0.2, 0) is 0 Å². The maximum atomic E-state index is 10.2. The van der Waals surface area contributed by atoms with E-state index in [2.05, 4.69) is 51.5 Å². The van der Waals surface area contributed by atoms with E-state index in [0.717, 1.165) is 48.3 Å². The lowest BCUT2D eigenvalue weighted by molar-refractivity contribution is -0.292. The molecule has 0 aromatic rings. The molecule has 7 nitrogen and oxygen atoms in total. The highest BCUT2D eigenvalue weighted by Crippen LogP contribution is 2.67. The van der Waals surface area contributed by atoms with Gasteiger partial charge in [0, 0.05) is 12.6 Å².